The van der Waals surface area contributed by atoms with E-state index in [0.717, 1.165) is 25.7 Å². The van der Waals surface area contributed by atoms with Gasteiger partial charge in [0.15, 0.2) is 0 Å². The van der Waals surface area contributed by atoms with Crippen molar-refractivity contribution in [2.24, 2.45) is 5.92 Å². The summed E-state index contributed by atoms with van der Waals surface area (Å²) in [6.45, 7) is 4.93. The highest BCUT2D eigenvalue weighted by Crippen LogP contribution is 2.31. The van der Waals surface area contributed by atoms with Gasteiger partial charge in [0.1, 0.15) is 0 Å². The van der Waals surface area contributed by atoms with Crippen molar-refractivity contribution >= 4 is 11.3 Å². The van der Waals surface area contributed by atoms with E-state index in [1.807, 2.05) is 11.3 Å². The summed E-state index contributed by atoms with van der Waals surface area (Å²) in [7, 11) is 0. The molecule has 1 fully saturated rings. The Morgan fingerprint density at radius 2 is 2.38 bits per heavy atom. The maximum Gasteiger partial charge on any atom is 0.0591 e. The summed E-state index contributed by atoms with van der Waals surface area (Å²) in [6.07, 6.45) is 4.12. The van der Waals surface area contributed by atoms with Crippen LogP contribution in [0.3, 0.4) is 0 Å². The van der Waals surface area contributed by atoms with Crippen molar-refractivity contribution in [3.8, 4) is 0 Å². The fourth-order valence-corrected chi connectivity index (χ4v) is 2.50. The molecular formula is C13H21NOS. The molecule has 1 aromatic rings. The Morgan fingerprint density at radius 3 is 3.06 bits per heavy atom. The standard InChI is InChI=1S/C13H21NOS/c1-11(13-3-2-10-16-13)14-7-9-15-8-6-12-4-5-12/h2-3,10-12,14H,4-9H2,1H3. The molecule has 1 unspecified atom stereocenters. The quantitative estimate of drug-likeness (QED) is 0.703. The van der Waals surface area contributed by atoms with E-state index >= 15 is 0 Å². The molecule has 0 bridgehead atoms. The minimum atomic E-state index is 0.451. The van der Waals surface area contributed by atoms with Gasteiger partial charge >= 0.3 is 0 Å². The number of rotatable bonds is 8. The molecule has 1 heterocycles. The first-order chi connectivity index (χ1) is 7.86. The van der Waals surface area contributed by atoms with Crippen LogP contribution >= 0.6 is 11.3 Å². The molecule has 0 spiro atoms. The first-order valence-corrected chi connectivity index (χ1v) is 7.09. The smallest absolute Gasteiger partial charge is 0.0591 e. The lowest BCUT2D eigenvalue weighted by Gasteiger charge is -2.12. The van der Waals surface area contributed by atoms with Crippen molar-refractivity contribution in [2.45, 2.75) is 32.2 Å². The lowest BCUT2D eigenvalue weighted by Crippen LogP contribution is -2.22. The van der Waals surface area contributed by atoms with Crippen molar-refractivity contribution in [3.05, 3.63) is 22.4 Å². The Hall–Kier alpha value is -0.380. The van der Waals surface area contributed by atoms with Gasteiger partial charge in [0, 0.05) is 24.1 Å². The van der Waals surface area contributed by atoms with Crippen LogP contribution in [0.5, 0.6) is 0 Å². The second kappa shape index (κ2) is 6.38. The predicted molar refractivity (Wildman–Crippen MR) is 68.9 cm³/mol. The van der Waals surface area contributed by atoms with Crippen LogP contribution in [0.4, 0.5) is 0 Å². The SMILES string of the molecule is CC(NCCOCCC1CC1)c1cccs1. The minimum absolute atomic E-state index is 0.451. The molecule has 3 heteroatoms. The summed E-state index contributed by atoms with van der Waals surface area (Å²) >= 11 is 1.81. The summed E-state index contributed by atoms with van der Waals surface area (Å²) in [5.41, 5.74) is 0. The van der Waals surface area contributed by atoms with Gasteiger partial charge in [0.05, 0.1) is 6.61 Å². The zero-order chi connectivity index (χ0) is 11.2. The lowest BCUT2D eigenvalue weighted by atomic mass is 10.3. The van der Waals surface area contributed by atoms with Gasteiger partial charge in [-0.2, -0.15) is 0 Å². The molecule has 1 atom stereocenters. The van der Waals surface area contributed by atoms with E-state index in [2.05, 4.69) is 29.8 Å². The molecule has 16 heavy (non-hydrogen) atoms. The molecule has 0 amide bonds. The Bertz CT molecular complexity index is 282. The molecule has 0 aliphatic heterocycles. The van der Waals surface area contributed by atoms with Gasteiger partial charge in [-0.15, -0.1) is 11.3 Å². The molecule has 0 aromatic carbocycles. The summed E-state index contributed by atoms with van der Waals surface area (Å²) in [4.78, 5) is 1.40. The van der Waals surface area contributed by atoms with Gasteiger partial charge in [-0.25, -0.2) is 0 Å². The number of hydrogen-bond donors (Lipinski definition) is 1. The van der Waals surface area contributed by atoms with Crippen molar-refractivity contribution in [3.63, 3.8) is 0 Å². The summed E-state index contributed by atoms with van der Waals surface area (Å²) in [5.74, 6) is 0.984. The Balaban J connectivity index is 1.47. The van der Waals surface area contributed by atoms with E-state index in [1.54, 1.807) is 0 Å². The number of hydrogen-bond acceptors (Lipinski definition) is 3. The molecule has 90 valence electrons. The van der Waals surface area contributed by atoms with Crippen LogP contribution in [0, 0.1) is 5.92 Å². The van der Waals surface area contributed by atoms with E-state index in [9.17, 15) is 0 Å². The highest BCUT2D eigenvalue weighted by molar-refractivity contribution is 7.10. The van der Waals surface area contributed by atoms with Gasteiger partial charge in [-0.05, 0) is 30.7 Å². The first kappa shape index (κ1) is 12.1. The van der Waals surface area contributed by atoms with Crippen LogP contribution in [0.2, 0.25) is 0 Å². The fourth-order valence-electron chi connectivity index (χ4n) is 1.74. The van der Waals surface area contributed by atoms with Gasteiger partial charge in [0.2, 0.25) is 0 Å². The second-order valence-electron chi connectivity index (χ2n) is 4.54. The monoisotopic (exact) mass is 239 g/mol. The van der Waals surface area contributed by atoms with E-state index in [1.165, 1.54) is 24.1 Å². The van der Waals surface area contributed by atoms with Crippen molar-refractivity contribution < 1.29 is 4.74 Å². The number of ether oxygens (including phenoxy) is 1. The number of nitrogens with one attached hydrogen (secondary N) is 1. The van der Waals surface area contributed by atoms with Crippen molar-refractivity contribution in [2.75, 3.05) is 19.8 Å². The molecule has 1 N–H and O–H groups in total. The Morgan fingerprint density at radius 1 is 1.50 bits per heavy atom. The molecule has 0 saturated heterocycles. The predicted octanol–water partition coefficient (Wildman–Crippen LogP) is 3.22. The van der Waals surface area contributed by atoms with Crippen LogP contribution in [-0.2, 0) is 4.74 Å². The lowest BCUT2D eigenvalue weighted by molar-refractivity contribution is 0.128. The highest BCUT2D eigenvalue weighted by Gasteiger charge is 2.20. The van der Waals surface area contributed by atoms with Gasteiger partial charge in [0.25, 0.3) is 0 Å². The van der Waals surface area contributed by atoms with E-state index < -0.39 is 0 Å². The molecule has 1 aliphatic carbocycles. The molecule has 1 aromatic heterocycles. The first-order valence-electron chi connectivity index (χ1n) is 6.21. The molecule has 0 radical (unpaired) electrons. The van der Waals surface area contributed by atoms with E-state index in [-0.39, 0.29) is 0 Å². The van der Waals surface area contributed by atoms with Crippen molar-refractivity contribution in [1.82, 2.24) is 5.32 Å². The average Bonchev–Trinajstić information content (AvgIpc) is 2.95. The zero-order valence-electron chi connectivity index (χ0n) is 9.95. The maximum atomic E-state index is 5.59. The average molecular weight is 239 g/mol. The highest BCUT2D eigenvalue weighted by atomic mass is 32.1. The second-order valence-corrected chi connectivity index (χ2v) is 5.51. The van der Waals surface area contributed by atoms with Gasteiger partial charge < -0.3 is 10.1 Å². The normalized spacial score (nSPS) is 17.6. The molecular weight excluding hydrogens is 218 g/mol. The van der Waals surface area contributed by atoms with E-state index in [0.29, 0.717) is 6.04 Å². The summed E-state index contributed by atoms with van der Waals surface area (Å²) in [5, 5.41) is 5.60. The van der Waals surface area contributed by atoms with Crippen LogP contribution in [0.15, 0.2) is 17.5 Å². The molecule has 1 saturated carbocycles. The summed E-state index contributed by atoms with van der Waals surface area (Å²) < 4.78 is 5.59. The Kier molecular flexibility index (Phi) is 4.82. The topological polar surface area (TPSA) is 21.3 Å². The molecule has 1 aliphatic rings. The van der Waals surface area contributed by atoms with Gasteiger partial charge in [-0.1, -0.05) is 18.9 Å². The summed E-state index contributed by atoms with van der Waals surface area (Å²) in [6, 6.07) is 4.73. The van der Waals surface area contributed by atoms with Crippen LogP contribution in [0.25, 0.3) is 0 Å². The van der Waals surface area contributed by atoms with Crippen LogP contribution < -0.4 is 5.32 Å². The molecule has 2 nitrogen and oxygen atoms in total. The molecule has 2 rings (SSSR count). The van der Waals surface area contributed by atoms with Gasteiger partial charge in [-0.3, -0.25) is 0 Å². The number of thiophene rings is 1. The minimum Gasteiger partial charge on any atom is -0.380 e. The van der Waals surface area contributed by atoms with Crippen LogP contribution in [-0.4, -0.2) is 19.8 Å². The third-order valence-corrected chi connectivity index (χ3v) is 4.09. The van der Waals surface area contributed by atoms with Crippen molar-refractivity contribution in [1.29, 1.82) is 0 Å². The zero-order valence-corrected chi connectivity index (χ0v) is 10.8. The largest absolute Gasteiger partial charge is 0.380 e. The van der Waals surface area contributed by atoms with E-state index in [4.69, 9.17) is 4.74 Å². The van der Waals surface area contributed by atoms with Crippen LogP contribution in [0.1, 0.15) is 37.1 Å². The maximum absolute atomic E-state index is 5.59. The Labute approximate surface area is 102 Å². The third kappa shape index (κ3) is 4.24. The fraction of sp³-hybridized carbons (Fsp3) is 0.692. The third-order valence-electron chi connectivity index (χ3n) is 3.03.